The molecule has 10 N–H and O–H groups in total. The molecule has 3 aliphatic rings. The van der Waals surface area contributed by atoms with Crippen LogP contribution in [0.15, 0.2) is 66.0 Å². The summed E-state index contributed by atoms with van der Waals surface area (Å²) >= 11 is 0. The number of aromatic hydroxyl groups is 2. The molecule has 14 heteroatoms. The molecule has 5 rings (SSSR count). The Morgan fingerprint density at radius 1 is 1.11 bits per heavy atom. The second-order valence-electron chi connectivity index (χ2n) is 13.9. The first-order valence-electron chi connectivity index (χ1n) is 18.2. The molecule has 290 valence electrons. The molecule has 2 heterocycles. The Bertz CT molecular complexity index is 1650. The van der Waals surface area contributed by atoms with Gasteiger partial charge in [-0.25, -0.2) is 0 Å². The van der Waals surface area contributed by atoms with Gasteiger partial charge in [-0.2, -0.15) is 0 Å². The van der Waals surface area contributed by atoms with E-state index in [0.29, 0.717) is 62.5 Å². The minimum atomic E-state index is -0.933. The Labute approximate surface area is 310 Å². The van der Waals surface area contributed by atoms with E-state index in [4.69, 9.17) is 24.7 Å². The van der Waals surface area contributed by atoms with E-state index >= 15 is 0 Å². The van der Waals surface area contributed by atoms with Gasteiger partial charge in [0.15, 0.2) is 23.0 Å². The zero-order valence-corrected chi connectivity index (χ0v) is 30.5. The second-order valence-corrected chi connectivity index (χ2v) is 13.9. The van der Waals surface area contributed by atoms with Crippen molar-refractivity contribution < 1.29 is 49.3 Å². The van der Waals surface area contributed by atoms with Gasteiger partial charge in [0.2, 0.25) is 5.75 Å². The summed E-state index contributed by atoms with van der Waals surface area (Å²) in [5.41, 5.74) is 8.58. The third-order valence-electron chi connectivity index (χ3n) is 9.92. The molecule has 14 nitrogen and oxygen atoms in total. The van der Waals surface area contributed by atoms with Crippen molar-refractivity contribution in [3.05, 3.63) is 77.2 Å². The number of methoxy groups -OCH3 is 1. The third-order valence-corrected chi connectivity index (χ3v) is 9.92. The highest BCUT2D eigenvalue weighted by Crippen LogP contribution is 2.44. The van der Waals surface area contributed by atoms with Gasteiger partial charge in [0.25, 0.3) is 0 Å². The number of ether oxygens (including phenoxy) is 4. The first-order valence-corrected chi connectivity index (χ1v) is 18.2. The molecule has 2 aromatic rings. The van der Waals surface area contributed by atoms with Crippen LogP contribution >= 0.6 is 0 Å². The minimum Gasteiger partial charge on any atom is -0.504 e. The van der Waals surface area contributed by atoms with Crippen molar-refractivity contribution in [2.45, 2.75) is 70.0 Å². The Balaban J connectivity index is 1.29. The van der Waals surface area contributed by atoms with Gasteiger partial charge < -0.3 is 60.8 Å². The van der Waals surface area contributed by atoms with Gasteiger partial charge in [-0.15, -0.1) is 0 Å². The number of phenols is 2. The van der Waals surface area contributed by atoms with Crippen molar-refractivity contribution in [2.24, 2.45) is 23.5 Å². The maximum Gasteiger partial charge on any atom is 0.310 e. The predicted octanol–water partition coefficient (Wildman–Crippen LogP) is 2.82. The molecule has 0 aromatic heterocycles. The number of likely N-dealkylation sites (N-methyl/N-ethyl adjacent to an activating group) is 1. The highest BCUT2D eigenvalue weighted by atomic mass is 16.5. The first kappa shape index (κ1) is 39.7. The number of carboxylic acids is 1. The number of nitrogens with two attached hydrogens (primary N) is 1. The van der Waals surface area contributed by atoms with Gasteiger partial charge in [-0.05, 0) is 79.8 Å². The lowest BCUT2D eigenvalue weighted by atomic mass is 9.78. The normalized spacial score (nSPS) is 25.2. The highest BCUT2D eigenvalue weighted by molar-refractivity contribution is 5.74. The van der Waals surface area contributed by atoms with E-state index in [1.807, 2.05) is 31.2 Å². The van der Waals surface area contributed by atoms with E-state index in [9.17, 15) is 30.3 Å². The lowest BCUT2D eigenvalue weighted by Gasteiger charge is -2.34. The van der Waals surface area contributed by atoms with Crippen LogP contribution in [0.1, 0.15) is 50.3 Å². The van der Waals surface area contributed by atoms with Crippen LogP contribution < -0.4 is 35.9 Å². The summed E-state index contributed by atoms with van der Waals surface area (Å²) in [6, 6.07) is 8.11. The van der Waals surface area contributed by atoms with Crippen molar-refractivity contribution in [1.82, 2.24) is 16.0 Å². The number of aliphatic carboxylic acids is 1. The number of aliphatic hydroxyl groups is 2. The number of hydrogen-bond donors (Lipinski definition) is 9. The van der Waals surface area contributed by atoms with Gasteiger partial charge >= 0.3 is 5.97 Å². The number of phenolic OH excluding ortho intramolecular Hbond substituents is 2. The van der Waals surface area contributed by atoms with Crippen LogP contribution in [0.2, 0.25) is 0 Å². The van der Waals surface area contributed by atoms with E-state index in [1.165, 1.54) is 7.11 Å². The molecule has 1 aliphatic carbocycles. The van der Waals surface area contributed by atoms with Crippen molar-refractivity contribution >= 4 is 5.97 Å². The molecule has 1 fully saturated rings. The maximum atomic E-state index is 12.4. The van der Waals surface area contributed by atoms with E-state index in [-0.39, 0.29) is 48.4 Å². The Kier molecular flexibility index (Phi) is 13.9. The molecule has 0 bridgehead atoms. The number of nitrogens with one attached hydrogen (secondary N) is 3. The number of allylic oxidation sites excluding steroid dienone is 3. The molecule has 0 amide bonds. The third kappa shape index (κ3) is 10.4. The van der Waals surface area contributed by atoms with Crippen molar-refractivity contribution in [1.29, 1.82) is 0 Å². The summed E-state index contributed by atoms with van der Waals surface area (Å²) in [6.45, 7) is 5.26. The van der Waals surface area contributed by atoms with Crippen LogP contribution in [-0.2, 0) is 16.0 Å². The lowest BCUT2D eigenvalue weighted by molar-refractivity contribution is -0.142. The van der Waals surface area contributed by atoms with Gasteiger partial charge in [-0.3, -0.25) is 10.1 Å². The summed E-state index contributed by atoms with van der Waals surface area (Å²) in [5.74, 6) is -1.31. The fraction of sp³-hybridized carbons (Fsp3) is 0.513. The number of hydrogen-bond acceptors (Lipinski definition) is 13. The molecule has 0 saturated carbocycles. The Morgan fingerprint density at radius 2 is 1.91 bits per heavy atom. The highest BCUT2D eigenvalue weighted by Gasteiger charge is 2.43. The van der Waals surface area contributed by atoms with Crippen molar-refractivity contribution in [3.8, 4) is 28.7 Å². The van der Waals surface area contributed by atoms with Crippen molar-refractivity contribution in [3.63, 3.8) is 0 Å². The molecular weight excluding hydrogens is 684 g/mol. The van der Waals surface area contributed by atoms with Crippen LogP contribution in [0.5, 0.6) is 28.7 Å². The molecule has 2 aliphatic heterocycles. The summed E-state index contributed by atoms with van der Waals surface area (Å²) < 4.78 is 24.0. The van der Waals surface area contributed by atoms with E-state index in [1.54, 1.807) is 37.3 Å². The molecule has 53 heavy (non-hydrogen) atoms. The van der Waals surface area contributed by atoms with Gasteiger partial charge in [-0.1, -0.05) is 31.2 Å². The zero-order valence-electron chi connectivity index (χ0n) is 30.5. The molecule has 0 radical (unpaired) electrons. The number of dihydropyridines is 1. The number of carboxylic acid groups (broad SMARTS) is 1. The quantitative estimate of drug-likeness (QED) is 0.0611. The number of aliphatic hydroxyl groups excluding tert-OH is 2. The van der Waals surface area contributed by atoms with Gasteiger partial charge in [0.05, 0.1) is 43.3 Å². The Morgan fingerprint density at radius 3 is 2.62 bits per heavy atom. The first-order chi connectivity index (χ1) is 25.5. The molecule has 1 saturated heterocycles. The molecular formula is C39H54N4O10. The topological polar surface area (TPSA) is 217 Å². The molecule has 0 unspecified atom stereocenters. The maximum absolute atomic E-state index is 12.4. The monoisotopic (exact) mass is 738 g/mol. The average Bonchev–Trinajstić information content (AvgIpc) is 3.58. The SMILES string of the molecule is CCN[C@H](COc1cc([C@@H]2C[C@@H](O)C[C@H](CCc3ccc(O)c(OCNC[C@H](C)O)c3)O2)cc(OC)c1O)[C@@H]1[C@@H](C2=CCNC(N)=C2)C=C[C@H]1C(=O)O. The van der Waals surface area contributed by atoms with E-state index in [2.05, 4.69) is 16.0 Å². The van der Waals surface area contributed by atoms with Crippen LogP contribution in [0, 0.1) is 17.8 Å². The zero-order chi connectivity index (χ0) is 38.1. The number of rotatable bonds is 18. The Hall–Kier alpha value is -4.47. The van der Waals surface area contributed by atoms with Crippen molar-refractivity contribution in [2.75, 3.05) is 40.1 Å². The van der Waals surface area contributed by atoms with E-state index in [0.717, 1.165) is 11.1 Å². The number of benzene rings is 2. The minimum absolute atomic E-state index is 0.0102. The molecule has 8 atom stereocenters. The summed E-state index contributed by atoms with van der Waals surface area (Å²) in [5, 5.41) is 61.4. The van der Waals surface area contributed by atoms with E-state index < -0.39 is 42.2 Å². The standard InChI is InChI=1S/C39H54N4O10/c1-4-42-30(37-28(8-9-29(37)39(48)49)24-11-12-43-36(40)16-24)20-51-35-15-25(14-34(50-3)38(35)47)32-18-26(45)17-27(53-32)7-5-23-6-10-31(46)33(13-23)52-21-41-19-22(2)44/h6,8-11,13-16,22,26-30,32,37,41-47H,4-5,7,12,17-21,40H2,1-3H3,(H,48,49)/t22-,26-,27-,28+,29+,30+,32-,37+/m0/s1. The van der Waals surface area contributed by atoms with Crippen LogP contribution in [0.3, 0.4) is 0 Å². The smallest absolute Gasteiger partial charge is 0.310 e. The number of carbonyl (C=O) groups is 1. The van der Waals surface area contributed by atoms with Crippen LogP contribution in [0.25, 0.3) is 0 Å². The van der Waals surface area contributed by atoms with Gasteiger partial charge in [0.1, 0.15) is 13.3 Å². The molecule has 0 spiro atoms. The predicted molar refractivity (Wildman–Crippen MR) is 198 cm³/mol. The second kappa shape index (κ2) is 18.5. The fourth-order valence-electron chi connectivity index (χ4n) is 7.36. The molecule has 2 aromatic carbocycles. The summed E-state index contributed by atoms with van der Waals surface area (Å²) in [7, 11) is 1.44. The van der Waals surface area contributed by atoms with Crippen LogP contribution in [0.4, 0.5) is 0 Å². The summed E-state index contributed by atoms with van der Waals surface area (Å²) in [6.07, 6.45) is 7.50. The lowest BCUT2D eigenvalue weighted by Crippen LogP contribution is -2.47. The van der Waals surface area contributed by atoms with Gasteiger partial charge in [0, 0.05) is 37.4 Å². The fourth-order valence-corrected chi connectivity index (χ4v) is 7.36. The largest absolute Gasteiger partial charge is 0.504 e. The average molecular weight is 739 g/mol. The van der Waals surface area contributed by atoms with Crippen LogP contribution in [-0.4, -0.2) is 95.9 Å². The number of aryl methyl sites for hydroxylation is 1. The summed E-state index contributed by atoms with van der Waals surface area (Å²) in [4.78, 5) is 12.4.